The van der Waals surface area contributed by atoms with Crippen LogP contribution in [0.15, 0.2) is 227 Å². The van der Waals surface area contributed by atoms with Crippen molar-refractivity contribution in [1.29, 1.82) is 0 Å². The van der Waals surface area contributed by atoms with Crippen molar-refractivity contribution in [2.75, 3.05) is 4.90 Å². The molecule has 13 aromatic rings. The van der Waals surface area contributed by atoms with Crippen LogP contribution in [0.25, 0.3) is 104 Å². The van der Waals surface area contributed by atoms with Gasteiger partial charge in [-0.3, -0.25) is 0 Å². The lowest BCUT2D eigenvalue weighted by Gasteiger charge is -2.29. The molecule has 0 amide bonds. The van der Waals surface area contributed by atoms with Gasteiger partial charge in [0.1, 0.15) is 22.3 Å². The largest absolute Gasteiger partial charge is 0.455 e. The molecular weight excluding hydrogens is 757 g/mol. The van der Waals surface area contributed by atoms with Crippen molar-refractivity contribution in [2.45, 2.75) is 0 Å². The Morgan fingerprint density at radius 3 is 1.69 bits per heavy atom. The molecule has 0 spiro atoms. The minimum Gasteiger partial charge on any atom is -0.455 e. The maximum Gasteiger partial charge on any atom is 0.143 e. The molecule has 290 valence electrons. The van der Waals surface area contributed by atoms with Crippen LogP contribution in [0, 0.1) is 0 Å². The summed E-state index contributed by atoms with van der Waals surface area (Å²) in [4.78, 5) is 2.41. The highest BCUT2D eigenvalue weighted by Crippen LogP contribution is 2.48. The molecule has 3 aromatic heterocycles. The molecule has 0 bridgehead atoms. The first-order valence-electron chi connectivity index (χ1n) is 21.1. The monoisotopic (exact) mass is 792 g/mol. The average Bonchev–Trinajstić information content (AvgIpc) is 4.02. The van der Waals surface area contributed by atoms with Crippen molar-refractivity contribution in [3.63, 3.8) is 0 Å². The van der Waals surface area contributed by atoms with Crippen molar-refractivity contribution in [2.24, 2.45) is 0 Å². The van der Waals surface area contributed by atoms with Crippen molar-refractivity contribution < 1.29 is 8.83 Å². The van der Waals surface area contributed by atoms with Gasteiger partial charge in [-0.25, -0.2) is 0 Å². The van der Waals surface area contributed by atoms with Gasteiger partial charge in [0, 0.05) is 66.1 Å². The van der Waals surface area contributed by atoms with Crippen LogP contribution in [0.4, 0.5) is 17.1 Å². The van der Waals surface area contributed by atoms with Crippen molar-refractivity contribution in [3.05, 3.63) is 218 Å². The molecule has 0 unspecified atom stereocenters. The van der Waals surface area contributed by atoms with Gasteiger partial charge in [-0.15, -0.1) is 0 Å². The van der Waals surface area contributed by atoms with Gasteiger partial charge in [-0.05, 0) is 83.1 Å². The third kappa shape index (κ3) is 5.27. The second-order valence-electron chi connectivity index (χ2n) is 16.1. The van der Waals surface area contributed by atoms with E-state index in [0.717, 1.165) is 88.9 Å². The summed E-state index contributed by atoms with van der Waals surface area (Å²) >= 11 is 0. The van der Waals surface area contributed by atoms with E-state index in [-0.39, 0.29) is 0 Å². The zero-order valence-corrected chi connectivity index (χ0v) is 33.5. The molecule has 0 atom stereocenters. The van der Waals surface area contributed by atoms with Crippen LogP contribution in [0.2, 0.25) is 0 Å². The number of aromatic nitrogens is 1. The minimum atomic E-state index is 0.855. The molecule has 13 rings (SSSR count). The Kier molecular flexibility index (Phi) is 7.57. The van der Waals surface area contributed by atoms with E-state index in [1.807, 2.05) is 12.1 Å². The maximum absolute atomic E-state index is 6.85. The normalized spacial score (nSPS) is 11.9. The lowest BCUT2D eigenvalue weighted by Crippen LogP contribution is -2.11. The Balaban J connectivity index is 1.09. The summed E-state index contributed by atoms with van der Waals surface area (Å²) in [5.41, 5.74) is 14.2. The number of benzene rings is 10. The van der Waals surface area contributed by atoms with E-state index in [0.29, 0.717) is 0 Å². The Hall–Kier alpha value is -8.34. The molecule has 10 aromatic carbocycles. The molecule has 0 fully saturated rings. The second kappa shape index (κ2) is 13.6. The molecule has 0 radical (unpaired) electrons. The smallest absolute Gasteiger partial charge is 0.143 e. The van der Waals surface area contributed by atoms with Gasteiger partial charge in [0.25, 0.3) is 0 Å². The molecule has 0 aliphatic carbocycles. The van der Waals surface area contributed by atoms with Gasteiger partial charge in [-0.1, -0.05) is 152 Å². The van der Waals surface area contributed by atoms with E-state index >= 15 is 0 Å². The van der Waals surface area contributed by atoms with E-state index in [1.165, 1.54) is 32.6 Å². The minimum absolute atomic E-state index is 0.855. The summed E-state index contributed by atoms with van der Waals surface area (Å²) in [6, 6.07) is 78.0. The van der Waals surface area contributed by atoms with Gasteiger partial charge >= 0.3 is 0 Å². The van der Waals surface area contributed by atoms with Crippen LogP contribution in [0.5, 0.6) is 0 Å². The lowest BCUT2D eigenvalue weighted by molar-refractivity contribution is 0.669. The summed E-state index contributed by atoms with van der Waals surface area (Å²) in [6.07, 6.45) is 0. The zero-order valence-electron chi connectivity index (χ0n) is 33.5. The lowest BCUT2D eigenvalue weighted by atomic mass is 9.97. The molecule has 4 nitrogen and oxygen atoms in total. The van der Waals surface area contributed by atoms with Gasteiger partial charge in [0.05, 0.1) is 16.7 Å². The Morgan fingerprint density at radius 1 is 0.339 bits per heavy atom. The summed E-state index contributed by atoms with van der Waals surface area (Å²) in [6.45, 7) is 0. The molecule has 62 heavy (non-hydrogen) atoms. The number of hydrogen-bond donors (Lipinski definition) is 0. The van der Waals surface area contributed by atoms with E-state index in [2.05, 4.69) is 216 Å². The van der Waals surface area contributed by atoms with Crippen LogP contribution < -0.4 is 4.90 Å². The predicted molar refractivity (Wildman–Crippen MR) is 258 cm³/mol. The zero-order chi connectivity index (χ0) is 40.7. The molecule has 0 aliphatic rings. The molecule has 4 heteroatoms. The average molecular weight is 793 g/mol. The summed E-state index contributed by atoms with van der Waals surface area (Å²) in [5.74, 6) is 0. The first kappa shape index (κ1) is 34.5. The van der Waals surface area contributed by atoms with Gasteiger partial charge in [-0.2, -0.15) is 0 Å². The molecular formula is C58H36N2O2. The maximum atomic E-state index is 6.85. The van der Waals surface area contributed by atoms with Crippen LogP contribution in [-0.4, -0.2) is 4.57 Å². The van der Waals surface area contributed by atoms with E-state index in [1.54, 1.807) is 0 Å². The molecule has 0 N–H and O–H groups in total. The third-order valence-corrected chi connectivity index (χ3v) is 12.5. The Labute approximate surface area is 356 Å². The van der Waals surface area contributed by atoms with Gasteiger partial charge < -0.3 is 18.3 Å². The quantitative estimate of drug-likeness (QED) is 0.168. The highest BCUT2D eigenvalue weighted by Gasteiger charge is 2.24. The fourth-order valence-corrected chi connectivity index (χ4v) is 9.77. The van der Waals surface area contributed by atoms with Crippen LogP contribution in [-0.2, 0) is 0 Å². The SMILES string of the molecule is c1cc(-c2cc(N(c3ccc4ccccc4c3)c3ccccc3-c3cccc4c3oc3ccccc34)cc3c2oc2ccccc23)cc(-n2c3ccccc3c3ccccc32)c1. The van der Waals surface area contributed by atoms with Crippen molar-refractivity contribution in [1.82, 2.24) is 4.57 Å². The number of para-hydroxylation sites is 6. The molecule has 0 saturated heterocycles. The molecule has 0 aliphatic heterocycles. The standard InChI is InChI=1S/C58H36N2O2/c1-2-16-38-33-41(32-31-37(38)15-1)59(52-26-8-5-21-45(52)48-24-14-25-49-46-22-6-11-29-55(46)61-57(48)49)42-35-50(58-51(36-42)47-23-7-12-30-56(47)62-58)39-17-13-18-40(34-39)60-53-27-9-3-19-43(53)44-20-4-10-28-54(44)60/h1-36H. The molecule has 3 heterocycles. The van der Waals surface area contributed by atoms with Crippen LogP contribution >= 0.6 is 0 Å². The summed E-state index contributed by atoms with van der Waals surface area (Å²) in [5, 5.41) is 9.16. The number of furan rings is 2. The first-order chi connectivity index (χ1) is 30.7. The van der Waals surface area contributed by atoms with Gasteiger partial charge in [0.15, 0.2) is 0 Å². The molecule has 0 saturated carbocycles. The fraction of sp³-hybridized carbons (Fsp3) is 0. The Morgan fingerprint density at radius 2 is 0.919 bits per heavy atom. The van der Waals surface area contributed by atoms with E-state index < -0.39 is 0 Å². The van der Waals surface area contributed by atoms with Crippen LogP contribution in [0.1, 0.15) is 0 Å². The summed E-state index contributed by atoms with van der Waals surface area (Å²) < 4.78 is 15.9. The predicted octanol–water partition coefficient (Wildman–Crippen LogP) is 16.5. The number of rotatable bonds is 6. The fourth-order valence-electron chi connectivity index (χ4n) is 9.77. The van der Waals surface area contributed by atoms with Crippen LogP contribution in [0.3, 0.4) is 0 Å². The van der Waals surface area contributed by atoms with Gasteiger partial charge in [0.2, 0.25) is 0 Å². The van der Waals surface area contributed by atoms with Crippen molar-refractivity contribution in [3.8, 4) is 27.9 Å². The Bertz CT molecular complexity index is 3850. The van der Waals surface area contributed by atoms with E-state index in [4.69, 9.17) is 8.83 Å². The number of anilines is 3. The number of fused-ring (bicyclic) bond motifs is 10. The topological polar surface area (TPSA) is 34.5 Å². The van der Waals surface area contributed by atoms with Crippen molar-refractivity contribution >= 4 is 93.5 Å². The summed E-state index contributed by atoms with van der Waals surface area (Å²) in [7, 11) is 0. The second-order valence-corrected chi connectivity index (χ2v) is 16.1. The number of hydrogen-bond acceptors (Lipinski definition) is 3. The third-order valence-electron chi connectivity index (χ3n) is 12.5. The number of nitrogens with zero attached hydrogens (tertiary/aromatic N) is 2. The highest BCUT2D eigenvalue weighted by molar-refractivity contribution is 6.14. The van der Waals surface area contributed by atoms with E-state index in [9.17, 15) is 0 Å². The highest BCUT2D eigenvalue weighted by atomic mass is 16.3. The first-order valence-corrected chi connectivity index (χ1v) is 21.1.